The van der Waals surface area contributed by atoms with E-state index < -0.39 is 0 Å². The van der Waals surface area contributed by atoms with E-state index in [9.17, 15) is 0 Å². The van der Waals surface area contributed by atoms with Crippen molar-refractivity contribution in [3.05, 3.63) is 28.7 Å². The molecule has 0 amide bonds. The predicted molar refractivity (Wildman–Crippen MR) is 68.8 cm³/mol. The molecule has 0 aromatic carbocycles. The lowest BCUT2D eigenvalue weighted by molar-refractivity contribution is 0.384. The highest BCUT2D eigenvalue weighted by atomic mass is 32.1. The summed E-state index contributed by atoms with van der Waals surface area (Å²) in [4.78, 5) is 9.58. The lowest BCUT2D eigenvalue weighted by Gasteiger charge is -2.16. The van der Waals surface area contributed by atoms with E-state index in [0.29, 0.717) is 5.88 Å². The molecule has 18 heavy (non-hydrogen) atoms. The second-order valence-corrected chi connectivity index (χ2v) is 4.40. The van der Waals surface area contributed by atoms with E-state index in [4.69, 9.17) is 4.74 Å². The number of hydrogen-bond donors (Lipinski definition) is 1. The van der Waals surface area contributed by atoms with E-state index >= 15 is 0 Å². The minimum Gasteiger partial charge on any atom is -0.480 e. The van der Waals surface area contributed by atoms with E-state index in [-0.39, 0.29) is 6.04 Å². The molecule has 0 spiro atoms. The predicted octanol–water partition coefficient (Wildman–Crippen LogP) is 1.21. The fraction of sp³-hybridized carbons (Fsp3) is 0.455. The fourth-order valence-electron chi connectivity index (χ4n) is 1.76. The molecule has 2 heterocycles. The number of methoxy groups -OCH3 is 1. The normalized spacial score (nSPS) is 12.4. The Morgan fingerprint density at radius 3 is 2.83 bits per heavy atom. The van der Waals surface area contributed by atoms with Gasteiger partial charge in [0.2, 0.25) is 5.88 Å². The smallest absolute Gasteiger partial charge is 0.237 e. The molecule has 2 aromatic rings. The van der Waals surface area contributed by atoms with Gasteiger partial charge in [0, 0.05) is 12.4 Å². The number of ether oxygens (including phenoxy) is 1. The molecule has 7 heteroatoms. The van der Waals surface area contributed by atoms with Crippen LogP contribution in [0.2, 0.25) is 0 Å². The maximum absolute atomic E-state index is 5.25. The van der Waals surface area contributed by atoms with Crippen LogP contribution >= 0.6 is 11.5 Å². The lowest BCUT2D eigenvalue weighted by atomic mass is 10.1. The minimum absolute atomic E-state index is 0.0939. The van der Waals surface area contributed by atoms with Crippen molar-refractivity contribution < 1.29 is 4.74 Å². The summed E-state index contributed by atoms with van der Waals surface area (Å²) in [5.41, 5.74) is 1.73. The largest absolute Gasteiger partial charge is 0.480 e. The van der Waals surface area contributed by atoms with Gasteiger partial charge in [0.15, 0.2) is 0 Å². The van der Waals surface area contributed by atoms with Gasteiger partial charge >= 0.3 is 0 Å². The quantitative estimate of drug-likeness (QED) is 0.876. The van der Waals surface area contributed by atoms with Crippen molar-refractivity contribution in [1.29, 1.82) is 0 Å². The van der Waals surface area contributed by atoms with Crippen molar-refractivity contribution in [2.45, 2.75) is 19.4 Å². The number of rotatable bonds is 5. The van der Waals surface area contributed by atoms with Crippen LogP contribution in [0, 0.1) is 0 Å². The standard InChI is InChI=1S/C11H15N5OS/c1-4-7-10(18-16-15-7)8(12-2)9-11(17-3)14-6-5-13-9/h5-6,8,12H,4H2,1-3H3. The average molecular weight is 265 g/mol. The monoisotopic (exact) mass is 265 g/mol. The van der Waals surface area contributed by atoms with Crippen LogP contribution in [0.1, 0.15) is 29.2 Å². The van der Waals surface area contributed by atoms with E-state index in [1.807, 2.05) is 7.05 Å². The third kappa shape index (κ3) is 2.32. The Hall–Kier alpha value is -1.60. The zero-order valence-electron chi connectivity index (χ0n) is 10.5. The minimum atomic E-state index is -0.0939. The third-order valence-corrected chi connectivity index (χ3v) is 3.46. The van der Waals surface area contributed by atoms with Crippen LogP contribution in [0.4, 0.5) is 0 Å². The number of aryl methyl sites for hydroxylation is 1. The van der Waals surface area contributed by atoms with Crippen LogP contribution in [-0.2, 0) is 6.42 Å². The fourth-order valence-corrected chi connectivity index (χ4v) is 2.62. The van der Waals surface area contributed by atoms with Crippen molar-refractivity contribution in [2.75, 3.05) is 14.2 Å². The van der Waals surface area contributed by atoms with Gasteiger partial charge in [0.05, 0.1) is 23.7 Å². The molecule has 2 rings (SSSR count). The number of hydrogen-bond acceptors (Lipinski definition) is 7. The summed E-state index contributed by atoms with van der Waals surface area (Å²) in [6.07, 6.45) is 4.11. The molecule has 1 N–H and O–H groups in total. The summed E-state index contributed by atoms with van der Waals surface area (Å²) in [7, 11) is 3.46. The first kappa shape index (κ1) is 12.8. The second-order valence-electron chi connectivity index (χ2n) is 3.61. The Kier molecular flexibility index (Phi) is 4.16. The van der Waals surface area contributed by atoms with Gasteiger partial charge in [-0.2, -0.15) is 0 Å². The maximum atomic E-state index is 5.25. The Morgan fingerprint density at radius 1 is 1.39 bits per heavy atom. The van der Waals surface area contributed by atoms with Gasteiger partial charge in [-0.1, -0.05) is 11.4 Å². The van der Waals surface area contributed by atoms with Gasteiger partial charge < -0.3 is 10.1 Å². The Bertz CT molecular complexity index is 516. The van der Waals surface area contributed by atoms with Crippen molar-refractivity contribution in [3.8, 4) is 5.88 Å². The van der Waals surface area contributed by atoms with Gasteiger partial charge in [-0.3, -0.25) is 4.98 Å². The first-order valence-electron chi connectivity index (χ1n) is 5.65. The van der Waals surface area contributed by atoms with Crippen molar-refractivity contribution >= 4 is 11.5 Å². The van der Waals surface area contributed by atoms with Gasteiger partial charge in [0.25, 0.3) is 0 Å². The van der Waals surface area contributed by atoms with Crippen LogP contribution in [0.5, 0.6) is 5.88 Å². The molecule has 1 unspecified atom stereocenters. The molecule has 0 fully saturated rings. The molecule has 2 aromatic heterocycles. The molecule has 0 radical (unpaired) electrons. The average Bonchev–Trinajstić information content (AvgIpc) is 2.88. The summed E-state index contributed by atoms with van der Waals surface area (Å²) >= 11 is 1.37. The topological polar surface area (TPSA) is 72.8 Å². The second kappa shape index (κ2) is 5.83. The summed E-state index contributed by atoms with van der Waals surface area (Å²) in [6, 6.07) is -0.0939. The molecule has 0 aliphatic carbocycles. The van der Waals surface area contributed by atoms with E-state index in [0.717, 1.165) is 22.7 Å². The van der Waals surface area contributed by atoms with Crippen molar-refractivity contribution in [3.63, 3.8) is 0 Å². The van der Waals surface area contributed by atoms with Gasteiger partial charge in [0.1, 0.15) is 5.69 Å². The van der Waals surface area contributed by atoms with Crippen LogP contribution in [-0.4, -0.2) is 33.7 Å². The van der Waals surface area contributed by atoms with Gasteiger partial charge in [-0.15, -0.1) is 5.10 Å². The molecular weight excluding hydrogens is 250 g/mol. The van der Waals surface area contributed by atoms with Gasteiger partial charge in [-0.05, 0) is 25.0 Å². The summed E-state index contributed by atoms with van der Waals surface area (Å²) in [6.45, 7) is 2.06. The summed E-state index contributed by atoms with van der Waals surface area (Å²) in [5, 5.41) is 7.34. The maximum Gasteiger partial charge on any atom is 0.237 e. The molecule has 0 aliphatic rings. The summed E-state index contributed by atoms with van der Waals surface area (Å²) < 4.78 is 9.26. The van der Waals surface area contributed by atoms with Crippen LogP contribution in [0.25, 0.3) is 0 Å². The lowest BCUT2D eigenvalue weighted by Crippen LogP contribution is -2.20. The highest BCUT2D eigenvalue weighted by molar-refractivity contribution is 7.05. The molecule has 96 valence electrons. The van der Waals surface area contributed by atoms with Crippen molar-refractivity contribution in [1.82, 2.24) is 24.9 Å². The molecule has 1 atom stereocenters. The first-order valence-corrected chi connectivity index (χ1v) is 6.42. The zero-order chi connectivity index (χ0) is 13.0. The number of nitrogens with zero attached hydrogens (tertiary/aromatic N) is 4. The number of nitrogens with one attached hydrogen (secondary N) is 1. The SMILES string of the molecule is CCc1nnsc1C(NC)c1nccnc1OC. The molecule has 0 saturated heterocycles. The first-order chi connectivity index (χ1) is 8.81. The number of aromatic nitrogens is 4. The molecule has 0 aliphatic heterocycles. The van der Waals surface area contributed by atoms with E-state index in [1.54, 1.807) is 19.5 Å². The highest BCUT2D eigenvalue weighted by Gasteiger charge is 2.23. The van der Waals surface area contributed by atoms with E-state index in [1.165, 1.54) is 11.5 Å². The van der Waals surface area contributed by atoms with Crippen LogP contribution < -0.4 is 10.1 Å². The third-order valence-electron chi connectivity index (χ3n) is 2.63. The molecular formula is C11H15N5OS. The Morgan fingerprint density at radius 2 is 2.17 bits per heavy atom. The van der Waals surface area contributed by atoms with Crippen LogP contribution in [0.15, 0.2) is 12.4 Å². The Balaban J connectivity index is 2.45. The summed E-state index contributed by atoms with van der Waals surface area (Å²) in [5.74, 6) is 0.521. The van der Waals surface area contributed by atoms with E-state index in [2.05, 4.69) is 31.8 Å². The molecule has 0 saturated carbocycles. The highest BCUT2D eigenvalue weighted by Crippen LogP contribution is 2.29. The zero-order valence-corrected chi connectivity index (χ0v) is 11.4. The van der Waals surface area contributed by atoms with Crippen molar-refractivity contribution in [2.24, 2.45) is 0 Å². The molecule has 6 nitrogen and oxygen atoms in total. The molecule has 0 bridgehead atoms. The Labute approximate surface area is 110 Å². The van der Waals surface area contributed by atoms with Gasteiger partial charge in [-0.25, -0.2) is 4.98 Å². The van der Waals surface area contributed by atoms with Crippen LogP contribution in [0.3, 0.4) is 0 Å².